The summed E-state index contributed by atoms with van der Waals surface area (Å²) in [7, 11) is -2.84. The Kier molecular flexibility index (Phi) is 6.31. The number of nitrogens with one attached hydrogen (secondary N) is 1. The Morgan fingerprint density at radius 2 is 1.47 bits per heavy atom. The van der Waals surface area contributed by atoms with Gasteiger partial charge in [-0.1, -0.05) is 27.7 Å². The third-order valence-corrected chi connectivity index (χ3v) is 6.32. The highest BCUT2D eigenvalue weighted by Gasteiger charge is 2.28. The number of hydrogen-bond donors (Lipinski definition) is 1. The van der Waals surface area contributed by atoms with Gasteiger partial charge in [0.05, 0.1) is 5.25 Å². The first-order valence-corrected chi connectivity index (χ1v) is 9.59. The van der Waals surface area contributed by atoms with E-state index in [-0.39, 0.29) is 5.25 Å². The van der Waals surface area contributed by atoms with Crippen molar-refractivity contribution in [2.24, 2.45) is 17.8 Å². The molecule has 1 N–H and O–H groups in total. The minimum atomic E-state index is -2.84. The van der Waals surface area contributed by atoms with Crippen molar-refractivity contribution in [3.05, 3.63) is 0 Å². The molecule has 1 rings (SSSR count). The van der Waals surface area contributed by atoms with Gasteiger partial charge in [0.2, 0.25) is 0 Å². The fourth-order valence-corrected chi connectivity index (χ4v) is 4.37. The molecule has 0 aliphatic heterocycles. The van der Waals surface area contributed by atoms with Crippen LogP contribution in [0.5, 0.6) is 0 Å². The molecule has 0 amide bonds. The zero-order chi connectivity index (χ0) is 14.6. The predicted molar refractivity (Wildman–Crippen MR) is 82.1 cm³/mol. The highest BCUT2D eigenvalue weighted by molar-refractivity contribution is 7.91. The SMILES string of the molecule is CC(C)C(CNC1CCC(S(C)(=O)=O)CC1)C(C)C. The Morgan fingerprint density at radius 3 is 1.84 bits per heavy atom. The van der Waals surface area contributed by atoms with Crippen LogP contribution in [0.15, 0.2) is 0 Å². The smallest absolute Gasteiger partial charge is 0.150 e. The molecule has 0 aromatic heterocycles. The summed E-state index contributed by atoms with van der Waals surface area (Å²) in [4.78, 5) is 0. The van der Waals surface area contributed by atoms with E-state index in [4.69, 9.17) is 0 Å². The fraction of sp³-hybridized carbons (Fsp3) is 1.00. The van der Waals surface area contributed by atoms with E-state index in [1.807, 2.05) is 0 Å². The summed E-state index contributed by atoms with van der Waals surface area (Å²) < 4.78 is 23.0. The second-order valence-electron chi connectivity index (χ2n) is 6.86. The Labute approximate surface area is 119 Å². The van der Waals surface area contributed by atoms with Gasteiger partial charge >= 0.3 is 0 Å². The van der Waals surface area contributed by atoms with Crippen molar-refractivity contribution in [2.45, 2.75) is 64.7 Å². The normalized spacial score (nSPS) is 25.5. The minimum absolute atomic E-state index is 0.100. The van der Waals surface area contributed by atoms with Gasteiger partial charge in [-0.25, -0.2) is 8.42 Å². The lowest BCUT2D eigenvalue weighted by atomic mass is 9.85. The Morgan fingerprint density at radius 1 is 1.00 bits per heavy atom. The van der Waals surface area contributed by atoms with E-state index >= 15 is 0 Å². The fourth-order valence-electron chi connectivity index (χ4n) is 3.24. The third-order valence-electron chi connectivity index (χ3n) is 4.63. The number of hydrogen-bond acceptors (Lipinski definition) is 3. The van der Waals surface area contributed by atoms with Crippen LogP contribution in [-0.4, -0.2) is 32.5 Å². The maximum absolute atomic E-state index is 11.5. The number of sulfone groups is 1. The summed E-state index contributed by atoms with van der Waals surface area (Å²) in [6.07, 6.45) is 5.02. The molecule has 0 unspecified atom stereocenters. The van der Waals surface area contributed by atoms with E-state index in [0.29, 0.717) is 23.8 Å². The summed E-state index contributed by atoms with van der Waals surface area (Å²) in [6, 6.07) is 0.512. The first-order valence-electron chi connectivity index (χ1n) is 7.64. The standard InChI is InChI=1S/C15H31NO2S/c1-11(2)15(12(3)4)10-16-13-6-8-14(9-7-13)19(5,17)18/h11-16H,6-10H2,1-5H3. The summed E-state index contributed by atoms with van der Waals surface area (Å²) in [5.74, 6) is 2.09. The average Bonchev–Trinajstić information content (AvgIpc) is 2.27. The van der Waals surface area contributed by atoms with Gasteiger partial charge in [-0.3, -0.25) is 0 Å². The second kappa shape index (κ2) is 7.07. The van der Waals surface area contributed by atoms with Crippen LogP contribution in [0.1, 0.15) is 53.4 Å². The molecule has 1 aliphatic carbocycles. The first-order chi connectivity index (χ1) is 8.71. The molecule has 0 atom stereocenters. The quantitative estimate of drug-likeness (QED) is 0.818. The number of rotatable bonds is 6. The van der Waals surface area contributed by atoms with Crippen LogP contribution in [0.4, 0.5) is 0 Å². The lowest BCUT2D eigenvalue weighted by molar-refractivity contribution is 0.252. The van der Waals surface area contributed by atoms with Crippen molar-refractivity contribution in [1.29, 1.82) is 0 Å². The molecule has 4 heteroatoms. The van der Waals surface area contributed by atoms with Crippen molar-refractivity contribution >= 4 is 9.84 Å². The van der Waals surface area contributed by atoms with Gasteiger partial charge in [0, 0.05) is 12.3 Å². The third kappa shape index (κ3) is 5.42. The molecule has 1 saturated carbocycles. The van der Waals surface area contributed by atoms with Crippen molar-refractivity contribution < 1.29 is 8.42 Å². The van der Waals surface area contributed by atoms with Crippen LogP contribution in [0.2, 0.25) is 0 Å². The van der Waals surface area contributed by atoms with Crippen molar-refractivity contribution in [3.8, 4) is 0 Å². The molecule has 0 aromatic rings. The average molecular weight is 289 g/mol. The van der Waals surface area contributed by atoms with Crippen LogP contribution in [0, 0.1) is 17.8 Å². The van der Waals surface area contributed by atoms with E-state index in [2.05, 4.69) is 33.0 Å². The molecule has 19 heavy (non-hydrogen) atoms. The molecule has 3 nitrogen and oxygen atoms in total. The molecule has 0 spiro atoms. The van der Waals surface area contributed by atoms with Gasteiger partial charge in [0.25, 0.3) is 0 Å². The summed E-state index contributed by atoms with van der Waals surface area (Å²) in [6.45, 7) is 10.2. The van der Waals surface area contributed by atoms with E-state index < -0.39 is 9.84 Å². The summed E-state index contributed by atoms with van der Waals surface area (Å²) in [5, 5.41) is 3.56. The molecular formula is C15H31NO2S. The van der Waals surface area contributed by atoms with Crippen LogP contribution in [0.25, 0.3) is 0 Å². The molecule has 1 fully saturated rings. The molecule has 0 radical (unpaired) electrons. The molecule has 0 heterocycles. The highest BCUT2D eigenvalue weighted by atomic mass is 32.2. The van der Waals surface area contributed by atoms with Crippen LogP contribution in [0.3, 0.4) is 0 Å². The Balaban J connectivity index is 2.37. The monoisotopic (exact) mass is 289 g/mol. The van der Waals surface area contributed by atoms with Crippen LogP contribution < -0.4 is 5.32 Å². The van der Waals surface area contributed by atoms with Crippen molar-refractivity contribution in [3.63, 3.8) is 0 Å². The molecule has 1 aliphatic rings. The van der Waals surface area contributed by atoms with Crippen LogP contribution >= 0.6 is 0 Å². The van der Waals surface area contributed by atoms with Gasteiger partial charge in [-0.15, -0.1) is 0 Å². The van der Waals surface area contributed by atoms with Gasteiger partial charge < -0.3 is 5.32 Å². The molecule has 0 saturated heterocycles. The Bertz CT molecular complexity index is 346. The largest absolute Gasteiger partial charge is 0.314 e. The zero-order valence-electron chi connectivity index (χ0n) is 13.1. The summed E-state index contributed by atoms with van der Waals surface area (Å²) in [5.41, 5.74) is 0. The van der Waals surface area contributed by atoms with E-state index in [1.54, 1.807) is 0 Å². The van der Waals surface area contributed by atoms with Gasteiger partial charge in [0.15, 0.2) is 0 Å². The van der Waals surface area contributed by atoms with Gasteiger partial charge in [-0.2, -0.15) is 0 Å². The Hall–Kier alpha value is -0.0900. The molecular weight excluding hydrogens is 258 g/mol. The minimum Gasteiger partial charge on any atom is -0.314 e. The zero-order valence-corrected chi connectivity index (χ0v) is 14.0. The molecule has 0 bridgehead atoms. The van der Waals surface area contributed by atoms with Gasteiger partial charge in [0.1, 0.15) is 9.84 Å². The lowest BCUT2D eigenvalue weighted by Gasteiger charge is -2.32. The first kappa shape index (κ1) is 17.0. The van der Waals surface area contributed by atoms with Crippen LogP contribution in [-0.2, 0) is 9.84 Å². The summed E-state index contributed by atoms with van der Waals surface area (Å²) >= 11 is 0. The van der Waals surface area contributed by atoms with E-state index in [0.717, 1.165) is 32.2 Å². The molecule has 114 valence electrons. The highest BCUT2D eigenvalue weighted by Crippen LogP contribution is 2.25. The second-order valence-corrected chi connectivity index (χ2v) is 9.19. The maximum atomic E-state index is 11.5. The van der Waals surface area contributed by atoms with E-state index in [9.17, 15) is 8.42 Å². The van der Waals surface area contributed by atoms with Gasteiger partial charge in [-0.05, 0) is 50.0 Å². The van der Waals surface area contributed by atoms with Crippen molar-refractivity contribution in [1.82, 2.24) is 5.32 Å². The molecule has 0 aromatic carbocycles. The topological polar surface area (TPSA) is 46.2 Å². The lowest BCUT2D eigenvalue weighted by Crippen LogP contribution is -2.40. The predicted octanol–water partition coefficient (Wildman–Crippen LogP) is 2.86. The maximum Gasteiger partial charge on any atom is 0.150 e. The van der Waals surface area contributed by atoms with E-state index in [1.165, 1.54) is 6.26 Å². The van der Waals surface area contributed by atoms with Crippen molar-refractivity contribution in [2.75, 3.05) is 12.8 Å².